The van der Waals surface area contributed by atoms with Crippen LogP contribution in [0.1, 0.15) is 17.7 Å². The average molecular weight is 365 g/mol. The minimum absolute atomic E-state index is 0.00976. The molecule has 134 valence electrons. The Hall–Kier alpha value is -2.22. The van der Waals surface area contributed by atoms with E-state index < -0.39 is 9.84 Å². The van der Waals surface area contributed by atoms with Crippen molar-refractivity contribution in [1.82, 2.24) is 15.1 Å². The first-order valence-electron chi connectivity index (χ1n) is 8.11. The van der Waals surface area contributed by atoms with Crippen molar-refractivity contribution in [2.24, 2.45) is 0 Å². The van der Waals surface area contributed by atoms with Crippen LogP contribution in [0.25, 0.3) is 11.3 Å². The Bertz CT molecular complexity index is 875. The van der Waals surface area contributed by atoms with E-state index in [1.165, 1.54) is 12.1 Å². The Morgan fingerprint density at radius 3 is 2.60 bits per heavy atom. The molecular formula is C17H20FN3O3S. The van der Waals surface area contributed by atoms with E-state index >= 15 is 0 Å². The molecule has 1 aromatic carbocycles. The van der Waals surface area contributed by atoms with Crippen molar-refractivity contribution in [2.45, 2.75) is 19.3 Å². The number of fused-ring (bicyclic) bond motifs is 1. The van der Waals surface area contributed by atoms with Crippen LogP contribution in [0.5, 0.6) is 0 Å². The van der Waals surface area contributed by atoms with E-state index in [9.17, 15) is 17.6 Å². The highest BCUT2D eigenvalue weighted by atomic mass is 32.2. The number of aromatic amines is 1. The number of H-pyrrole nitrogens is 1. The number of hydrogen-bond acceptors (Lipinski definition) is 4. The maximum Gasteiger partial charge on any atom is 0.223 e. The smallest absolute Gasteiger partial charge is 0.223 e. The molecule has 6 nitrogen and oxygen atoms in total. The van der Waals surface area contributed by atoms with Crippen molar-refractivity contribution in [1.29, 1.82) is 0 Å². The first-order valence-corrected chi connectivity index (χ1v) is 10.2. The van der Waals surface area contributed by atoms with Crippen LogP contribution in [0.3, 0.4) is 0 Å². The minimum Gasteiger partial charge on any atom is -0.342 e. The normalized spacial score (nSPS) is 14.9. The van der Waals surface area contributed by atoms with Gasteiger partial charge in [-0.05, 0) is 30.7 Å². The fraction of sp³-hybridized carbons (Fsp3) is 0.412. The van der Waals surface area contributed by atoms with Gasteiger partial charge in [0.05, 0.1) is 11.4 Å². The molecule has 0 fully saturated rings. The summed E-state index contributed by atoms with van der Waals surface area (Å²) in [4.78, 5) is 14.0. The second kappa shape index (κ2) is 6.95. The molecule has 3 rings (SSSR count). The molecule has 1 amide bonds. The molecule has 0 saturated heterocycles. The molecule has 0 unspecified atom stereocenters. The highest BCUT2D eigenvalue weighted by Crippen LogP contribution is 2.27. The van der Waals surface area contributed by atoms with Gasteiger partial charge in [0.1, 0.15) is 15.7 Å². The van der Waals surface area contributed by atoms with E-state index in [1.807, 2.05) is 0 Å². The summed E-state index contributed by atoms with van der Waals surface area (Å²) in [5.41, 5.74) is 3.61. The molecular weight excluding hydrogens is 345 g/mol. The van der Waals surface area contributed by atoms with E-state index in [4.69, 9.17) is 0 Å². The van der Waals surface area contributed by atoms with Crippen LogP contribution in [0, 0.1) is 5.82 Å². The molecule has 0 spiro atoms. The third-order valence-electron chi connectivity index (χ3n) is 4.37. The van der Waals surface area contributed by atoms with Gasteiger partial charge in [-0.3, -0.25) is 9.89 Å². The number of sulfone groups is 1. The number of nitrogens with one attached hydrogen (secondary N) is 1. The number of nitrogens with zero attached hydrogens (tertiary/aromatic N) is 2. The molecule has 1 aliphatic heterocycles. The van der Waals surface area contributed by atoms with Gasteiger partial charge in [0.15, 0.2) is 0 Å². The lowest BCUT2D eigenvalue weighted by atomic mass is 10.0. The van der Waals surface area contributed by atoms with Crippen LogP contribution < -0.4 is 0 Å². The average Bonchev–Trinajstić information content (AvgIpc) is 2.84. The zero-order chi connectivity index (χ0) is 18.0. The van der Waals surface area contributed by atoms with E-state index in [2.05, 4.69) is 10.2 Å². The zero-order valence-electron chi connectivity index (χ0n) is 14.0. The second-order valence-corrected chi connectivity index (χ2v) is 8.56. The van der Waals surface area contributed by atoms with Crippen molar-refractivity contribution in [3.63, 3.8) is 0 Å². The van der Waals surface area contributed by atoms with Crippen molar-refractivity contribution in [2.75, 3.05) is 25.1 Å². The number of carbonyl (C=O) groups is 1. The van der Waals surface area contributed by atoms with Crippen LogP contribution in [-0.2, 0) is 27.5 Å². The van der Waals surface area contributed by atoms with Gasteiger partial charge in [-0.15, -0.1) is 0 Å². The highest BCUT2D eigenvalue weighted by Gasteiger charge is 2.23. The molecule has 2 aromatic rings. The summed E-state index contributed by atoms with van der Waals surface area (Å²) in [7, 11) is -3.15. The van der Waals surface area contributed by atoms with E-state index in [0.29, 0.717) is 25.9 Å². The van der Waals surface area contributed by atoms with Crippen LogP contribution in [0.4, 0.5) is 4.39 Å². The molecule has 8 heteroatoms. The highest BCUT2D eigenvalue weighted by molar-refractivity contribution is 7.90. The van der Waals surface area contributed by atoms with Crippen LogP contribution in [0.15, 0.2) is 24.3 Å². The molecule has 1 aromatic heterocycles. The molecule has 0 bridgehead atoms. The lowest BCUT2D eigenvalue weighted by molar-refractivity contribution is -0.130. The molecule has 0 radical (unpaired) electrons. The van der Waals surface area contributed by atoms with Crippen LogP contribution in [0.2, 0.25) is 0 Å². The third kappa shape index (κ3) is 4.25. The molecule has 1 N–H and O–H groups in total. The van der Waals surface area contributed by atoms with Gasteiger partial charge in [-0.1, -0.05) is 0 Å². The fourth-order valence-corrected chi connectivity index (χ4v) is 3.55. The van der Waals surface area contributed by atoms with Crippen LogP contribution >= 0.6 is 0 Å². The fourth-order valence-electron chi connectivity index (χ4n) is 3.01. The van der Waals surface area contributed by atoms with Gasteiger partial charge in [0.2, 0.25) is 5.91 Å². The van der Waals surface area contributed by atoms with Crippen molar-refractivity contribution in [3.05, 3.63) is 41.3 Å². The number of aromatic nitrogens is 2. The van der Waals surface area contributed by atoms with Crippen molar-refractivity contribution >= 4 is 15.7 Å². The van der Waals surface area contributed by atoms with Gasteiger partial charge in [0, 0.05) is 49.0 Å². The van der Waals surface area contributed by atoms with Crippen molar-refractivity contribution in [3.8, 4) is 11.3 Å². The number of halogens is 1. The summed E-state index contributed by atoms with van der Waals surface area (Å²) >= 11 is 0. The lowest BCUT2D eigenvalue weighted by Gasteiger charge is -2.20. The molecule has 0 saturated carbocycles. The van der Waals surface area contributed by atoms with E-state index in [-0.39, 0.29) is 23.9 Å². The first-order chi connectivity index (χ1) is 11.8. The van der Waals surface area contributed by atoms with Crippen molar-refractivity contribution < 1.29 is 17.6 Å². The Labute approximate surface area is 146 Å². The molecule has 2 heterocycles. The quantitative estimate of drug-likeness (QED) is 0.892. The Morgan fingerprint density at radius 1 is 1.24 bits per heavy atom. The predicted molar refractivity (Wildman–Crippen MR) is 92.3 cm³/mol. The maximum absolute atomic E-state index is 13.1. The van der Waals surface area contributed by atoms with Gasteiger partial charge in [0.25, 0.3) is 0 Å². The number of carbonyl (C=O) groups excluding carboxylic acids is 1. The number of hydrogen-bond donors (Lipinski definition) is 1. The largest absolute Gasteiger partial charge is 0.342 e. The summed E-state index contributed by atoms with van der Waals surface area (Å²) in [6, 6.07) is 6.17. The number of amides is 1. The Morgan fingerprint density at radius 2 is 1.92 bits per heavy atom. The Balaban J connectivity index is 1.73. The summed E-state index contributed by atoms with van der Waals surface area (Å²) in [6.07, 6.45) is 2.40. The lowest BCUT2D eigenvalue weighted by Crippen LogP contribution is -2.34. The molecule has 0 aliphatic carbocycles. The molecule has 1 aliphatic rings. The van der Waals surface area contributed by atoms with Gasteiger partial charge in [-0.25, -0.2) is 12.8 Å². The first kappa shape index (κ1) is 17.6. The van der Waals surface area contributed by atoms with E-state index in [1.54, 1.807) is 17.0 Å². The minimum atomic E-state index is -3.15. The standard InChI is InChI=1S/C17H20FN3O3S/c1-25(23,24)11-8-16(22)21-9-6-14-15(7-10-21)19-20-17(14)12-2-4-13(18)5-3-12/h2-5H,6-11H2,1H3,(H,19,20). The summed E-state index contributed by atoms with van der Waals surface area (Å²) in [5.74, 6) is -0.573. The summed E-state index contributed by atoms with van der Waals surface area (Å²) < 4.78 is 35.6. The predicted octanol–water partition coefficient (Wildman–Crippen LogP) is 1.58. The number of rotatable bonds is 4. The van der Waals surface area contributed by atoms with E-state index in [0.717, 1.165) is 28.8 Å². The maximum atomic E-state index is 13.1. The van der Waals surface area contributed by atoms with Gasteiger partial charge < -0.3 is 4.90 Å². The topological polar surface area (TPSA) is 83.1 Å². The number of benzene rings is 1. The van der Waals surface area contributed by atoms with Gasteiger partial charge in [-0.2, -0.15) is 5.10 Å². The zero-order valence-corrected chi connectivity index (χ0v) is 14.8. The van der Waals surface area contributed by atoms with Gasteiger partial charge >= 0.3 is 0 Å². The summed E-state index contributed by atoms with van der Waals surface area (Å²) in [6.45, 7) is 1.05. The van der Waals surface area contributed by atoms with Crippen LogP contribution in [-0.4, -0.2) is 54.5 Å². The molecule has 25 heavy (non-hydrogen) atoms. The Kier molecular flexibility index (Phi) is 4.89. The third-order valence-corrected chi connectivity index (χ3v) is 5.32. The summed E-state index contributed by atoms with van der Waals surface area (Å²) in [5, 5.41) is 7.37. The second-order valence-electron chi connectivity index (χ2n) is 6.30. The molecule has 0 atom stereocenters. The SMILES string of the molecule is CS(=O)(=O)CCC(=O)N1CCc2[nH]nc(-c3ccc(F)cc3)c2CC1. The monoisotopic (exact) mass is 365 g/mol.